The van der Waals surface area contributed by atoms with E-state index in [1.54, 1.807) is 37.3 Å². The number of alkyl halides is 3. The number of aryl methyl sites for hydroxylation is 1. The Kier molecular flexibility index (Phi) is 9.85. The number of aromatic nitrogens is 1. The van der Waals surface area contributed by atoms with Gasteiger partial charge in [-0.2, -0.15) is 4.73 Å². The molecule has 3 rings (SSSR count). The van der Waals surface area contributed by atoms with E-state index in [2.05, 4.69) is 35.6 Å². The van der Waals surface area contributed by atoms with Crippen LogP contribution < -0.4 is 19.5 Å². The van der Waals surface area contributed by atoms with Crippen LogP contribution in [0.25, 0.3) is 11.3 Å². The van der Waals surface area contributed by atoms with Gasteiger partial charge in [-0.05, 0) is 66.8 Å². The van der Waals surface area contributed by atoms with E-state index in [1.165, 1.54) is 25.4 Å². The summed E-state index contributed by atoms with van der Waals surface area (Å²) in [4.78, 5) is 23.7. The van der Waals surface area contributed by atoms with Gasteiger partial charge in [0.2, 0.25) is 11.9 Å². The number of hydrogen-bond acceptors (Lipinski definition) is 6. The molecule has 0 spiro atoms. The SMILES string of the molecule is COC(=O)CCNC(=O)c1ccc(C(CC(C)(C)C)Oc2cc(C)c(-c3ccc(OC(F)(F)F)cc3)[n+]([O-])c2)cc1. The van der Waals surface area contributed by atoms with Crippen LogP contribution in [0, 0.1) is 17.5 Å². The van der Waals surface area contributed by atoms with Crippen molar-refractivity contribution in [1.82, 2.24) is 5.32 Å². The third-order valence-corrected chi connectivity index (χ3v) is 6.02. The van der Waals surface area contributed by atoms with Crippen LogP contribution in [0.2, 0.25) is 0 Å². The number of nitrogens with one attached hydrogen (secondary N) is 1. The standard InChI is InChI=1S/C30H33F3N2O6/c1-19-16-24(18-35(38)27(19)21-10-12-23(13-11-21)41-30(31,32)33)40-25(17-29(2,3)4)20-6-8-22(9-7-20)28(37)34-15-14-26(36)39-5/h6-13,16,18,25H,14-15,17H2,1-5H3,(H,34,37). The lowest BCUT2D eigenvalue weighted by Crippen LogP contribution is -2.30. The maximum atomic E-state index is 13.0. The Morgan fingerprint density at radius 1 is 1.00 bits per heavy atom. The van der Waals surface area contributed by atoms with Crippen molar-refractivity contribution < 1.29 is 41.7 Å². The van der Waals surface area contributed by atoms with Crippen molar-refractivity contribution in [3.63, 3.8) is 0 Å². The summed E-state index contributed by atoms with van der Waals surface area (Å²) in [6.45, 7) is 8.03. The molecule has 0 saturated carbocycles. The molecule has 0 aliphatic heterocycles. The zero-order valence-electron chi connectivity index (χ0n) is 23.5. The summed E-state index contributed by atoms with van der Waals surface area (Å²) in [5, 5.41) is 15.7. The van der Waals surface area contributed by atoms with Crippen LogP contribution in [-0.2, 0) is 9.53 Å². The zero-order chi connectivity index (χ0) is 30.4. The van der Waals surface area contributed by atoms with Crippen LogP contribution in [0.3, 0.4) is 0 Å². The predicted molar refractivity (Wildman–Crippen MR) is 145 cm³/mol. The molecular formula is C30H33F3N2O6. The molecule has 3 aromatic rings. The van der Waals surface area contributed by atoms with Crippen molar-refractivity contribution >= 4 is 11.9 Å². The second-order valence-corrected chi connectivity index (χ2v) is 10.7. The van der Waals surface area contributed by atoms with Gasteiger partial charge in [-0.3, -0.25) is 9.59 Å². The van der Waals surface area contributed by atoms with Crippen LogP contribution in [0.4, 0.5) is 13.2 Å². The Labute approximate surface area is 236 Å². The second kappa shape index (κ2) is 12.9. The van der Waals surface area contributed by atoms with E-state index in [9.17, 15) is 28.0 Å². The number of carbonyl (C=O) groups is 2. The third-order valence-electron chi connectivity index (χ3n) is 6.02. The number of methoxy groups -OCH3 is 1. The molecule has 0 bridgehead atoms. The van der Waals surface area contributed by atoms with E-state index >= 15 is 0 Å². The molecule has 1 unspecified atom stereocenters. The minimum absolute atomic E-state index is 0.0670. The minimum atomic E-state index is -4.81. The van der Waals surface area contributed by atoms with Crippen molar-refractivity contribution in [2.24, 2.45) is 5.41 Å². The largest absolute Gasteiger partial charge is 0.618 e. The van der Waals surface area contributed by atoms with Crippen LogP contribution in [-0.4, -0.2) is 31.9 Å². The number of benzene rings is 2. The van der Waals surface area contributed by atoms with Gasteiger partial charge in [0.1, 0.15) is 11.9 Å². The molecule has 2 aromatic carbocycles. The van der Waals surface area contributed by atoms with Gasteiger partial charge in [-0.1, -0.05) is 32.9 Å². The number of rotatable bonds is 10. The summed E-state index contributed by atoms with van der Waals surface area (Å²) in [7, 11) is 1.28. The molecule has 0 fully saturated rings. The quantitative estimate of drug-likeness (QED) is 0.180. The first-order valence-corrected chi connectivity index (χ1v) is 12.9. The number of hydrogen-bond donors (Lipinski definition) is 1. The summed E-state index contributed by atoms with van der Waals surface area (Å²) in [5.41, 5.74) is 2.33. The van der Waals surface area contributed by atoms with Gasteiger partial charge in [-0.15, -0.1) is 13.2 Å². The molecule has 41 heavy (non-hydrogen) atoms. The normalized spacial score (nSPS) is 12.4. The van der Waals surface area contributed by atoms with Crippen LogP contribution >= 0.6 is 0 Å². The summed E-state index contributed by atoms with van der Waals surface area (Å²) >= 11 is 0. The van der Waals surface area contributed by atoms with Crippen molar-refractivity contribution in [1.29, 1.82) is 0 Å². The van der Waals surface area contributed by atoms with E-state index in [0.717, 1.165) is 17.7 Å². The Morgan fingerprint density at radius 3 is 2.17 bits per heavy atom. The molecule has 1 atom stereocenters. The molecular weight excluding hydrogens is 541 g/mol. The highest BCUT2D eigenvalue weighted by molar-refractivity contribution is 5.94. The Hall–Kier alpha value is -4.28. The molecule has 8 nitrogen and oxygen atoms in total. The number of nitrogens with zero attached hydrogens (tertiary/aromatic N) is 1. The lowest BCUT2D eigenvalue weighted by atomic mass is 9.86. The molecule has 11 heteroatoms. The second-order valence-electron chi connectivity index (χ2n) is 10.7. The van der Waals surface area contributed by atoms with Crippen molar-refractivity contribution in [3.8, 4) is 22.8 Å². The number of amides is 1. The first kappa shape index (κ1) is 31.3. The average Bonchev–Trinajstić information content (AvgIpc) is 2.87. The maximum absolute atomic E-state index is 13.0. The summed E-state index contributed by atoms with van der Waals surface area (Å²) in [6, 6.07) is 13.6. The Morgan fingerprint density at radius 2 is 1.63 bits per heavy atom. The van der Waals surface area contributed by atoms with Crippen molar-refractivity contribution in [3.05, 3.63) is 82.7 Å². The molecule has 0 radical (unpaired) electrons. The van der Waals surface area contributed by atoms with Gasteiger partial charge in [0.25, 0.3) is 5.91 Å². The van der Waals surface area contributed by atoms with Gasteiger partial charge in [0, 0.05) is 23.2 Å². The zero-order valence-corrected chi connectivity index (χ0v) is 23.5. The predicted octanol–water partition coefficient (Wildman–Crippen LogP) is 6.04. The number of ether oxygens (including phenoxy) is 3. The topological polar surface area (TPSA) is 101 Å². The molecule has 1 amide bonds. The number of carbonyl (C=O) groups excluding carboxylic acids is 2. The van der Waals surface area contributed by atoms with Crippen molar-refractivity contribution in [2.75, 3.05) is 13.7 Å². The van der Waals surface area contributed by atoms with Gasteiger partial charge in [-0.25, -0.2) is 0 Å². The van der Waals surface area contributed by atoms with Gasteiger partial charge in [0.05, 0.1) is 13.5 Å². The molecule has 1 aromatic heterocycles. The fourth-order valence-corrected chi connectivity index (χ4v) is 4.19. The first-order valence-electron chi connectivity index (χ1n) is 12.9. The molecule has 0 aliphatic carbocycles. The molecule has 1 N–H and O–H groups in total. The number of esters is 1. The van der Waals surface area contributed by atoms with Crippen LogP contribution in [0.1, 0.15) is 61.2 Å². The van der Waals surface area contributed by atoms with E-state index in [-0.39, 0.29) is 35.7 Å². The Bertz CT molecular complexity index is 1330. The van der Waals surface area contributed by atoms with E-state index in [4.69, 9.17) is 4.74 Å². The monoisotopic (exact) mass is 574 g/mol. The fourth-order valence-electron chi connectivity index (χ4n) is 4.19. The minimum Gasteiger partial charge on any atom is -0.618 e. The van der Waals surface area contributed by atoms with Gasteiger partial charge >= 0.3 is 12.3 Å². The van der Waals surface area contributed by atoms with Crippen LogP contribution in [0.15, 0.2) is 60.8 Å². The lowest BCUT2D eigenvalue weighted by Gasteiger charge is -2.27. The number of pyridine rings is 1. The number of halogens is 3. The highest BCUT2D eigenvalue weighted by Crippen LogP contribution is 2.34. The van der Waals surface area contributed by atoms with E-state index in [1.807, 2.05) is 0 Å². The molecule has 0 saturated heterocycles. The van der Waals surface area contributed by atoms with E-state index in [0.29, 0.717) is 33.6 Å². The maximum Gasteiger partial charge on any atom is 0.573 e. The summed E-state index contributed by atoms with van der Waals surface area (Å²) in [6.07, 6.45) is -3.32. The van der Waals surface area contributed by atoms with Crippen LogP contribution in [0.5, 0.6) is 11.5 Å². The molecule has 0 aliphatic rings. The highest BCUT2D eigenvalue weighted by Gasteiger charge is 2.31. The van der Waals surface area contributed by atoms with Gasteiger partial charge < -0.3 is 24.7 Å². The first-order chi connectivity index (χ1) is 19.1. The smallest absolute Gasteiger partial charge is 0.573 e. The fraction of sp³-hybridized carbons (Fsp3) is 0.367. The van der Waals surface area contributed by atoms with Crippen molar-refractivity contribution in [2.45, 2.75) is 53.0 Å². The highest BCUT2D eigenvalue weighted by atomic mass is 19.4. The molecule has 1 heterocycles. The lowest BCUT2D eigenvalue weighted by molar-refractivity contribution is -0.594. The Balaban J connectivity index is 1.80. The summed E-state index contributed by atoms with van der Waals surface area (Å²) in [5.74, 6) is -0.813. The van der Waals surface area contributed by atoms with E-state index < -0.39 is 18.4 Å². The molecule has 220 valence electrons. The van der Waals surface area contributed by atoms with Gasteiger partial charge in [0.15, 0.2) is 5.75 Å². The average molecular weight is 575 g/mol. The summed E-state index contributed by atoms with van der Waals surface area (Å²) < 4.78 is 52.8. The third kappa shape index (κ3) is 9.40.